The van der Waals surface area contributed by atoms with Crippen LogP contribution < -0.4 is 15.4 Å². The van der Waals surface area contributed by atoms with Crippen LogP contribution in [0.2, 0.25) is 0 Å². The summed E-state index contributed by atoms with van der Waals surface area (Å²) in [6, 6.07) is 4.36. The Balaban J connectivity index is 2.30. The molecule has 2 N–H and O–H groups in total. The molecule has 1 aromatic rings. The topological polar surface area (TPSA) is 55.6 Å². The first-order valence-corrected chi connectivity index (χ1v) is 5.49. The number of anilines is 1. The number of carbonyl (C=O) groups excluding carboxylic acids is 1. The highest BCUT2D eigenvalue weighted by atomic mass is 19.1. The van der Waals surface area contributed by atoms with E-state index in [0.29, 0.717) is 25.3 Å². The summed E-state index contributed by atoms with van der Waals surface area (Å²) in [5.74, 6) is 0.128. The zero-order chi connectivity index (χ0) is 12.4. The van der Waals surface area contributed by atoms with Crippen molar-refractivity contribution >= 4 is 11.6 Å². The molecule has 1 aromatic carbocycles. The third kappa shape index (κ3) is 2.24. The van der Waals surface area contributed by atoms with E-state index < -0.39 is 5.82 Å². The normalized spacial score (nSPS) is 19.8. The predicted molar refractivity (Wildman–Crippen MR) is 62.5 cm³/mol. The van der Waals surface area contributed by atoms with Crippen molar-refractivity contribution in [1.82, 2.24) is 0 Å². The molecule has 1 unspecified atom stereocenters. The van der Waals surface area contributed by atoms with E-state index >= 15 is 0 Å². The van der Waals surface area contributed by atoms with E-state index in [9.17, 15) is 9.18 Å². The largest absolute Gasteiger partial charge is 0.497 e. The summed E-state index contributed by atoms with van der Waals surface area (Å²) in [7, 11) is 1.51. The van der Waals surface area contributed by atoms with Crippen LogP contribution in [-0.4, -0.2) is 26.1 Å². The fourth-order valence-electron chi connectivity index (χ4n) is 2.00. The quantitative estimate of drug-likeness (QED) is 0.859. The number of nitrogens with zero attached hydrogens (tertiary/aromatic N) is 1. The van der Waals surface area contributed by atoms with Gasteiger partial charge in [-0.25, -0.2) is 4.39 Å². The summed E-state index contributed by atoms with van der Waals surface area (Å²) in [4.78, 5) is 13.2. The van der Waals surface area contributed by atoms with Crippen molar-refractivity contribution in [3.63, 3.8) is 0 Å². The Kier molecular flexibility index (Phi) is 3.28. The van der Waals surface area contributed by atoms with Gasteiger partial charge in [0, 0.05) is 19.0 Å². The Bertz CT molecular complexity index is 437. The van der Waals surface area contributed by atoms with Crippen molar-refractivity contribution in [1.29, 1.82) is 0 Å². The van der Waals surface area contributed by atoms with Gasteiger partial charge in [-0.1, -0.05) is 0 Å². The molecular weight excluding hydrogens is 223 g/mol. The number of hydrogen-bond acceptors (Lipinski definition) is 3. The Morgan fingerprint density at radius 1 is 1.59 bits per heavy atom. The second-order valence-electron chi connectivity index (χ2n) is 4.13. The molecule has 2 rings (SSSR count). The molecule has 0 spiro atoms. The van der Waals surface area contributed by atoms with Crippen LogP contribution in [0.5, 0.6) is 5.75 Å². The first-order chi connectivity index (χ1) is 8.15. The summed E-state index contributed by atoms with van der Waals surface area (Å²) < 4.78 is 18.7. The molecule has 1 fully saturated rings. The number of amides is 1. The van der Waals surface area contributed by atoms with E-state index in [4.69, 9.17) is 10.5 Å². The molecule has 1 atom stereocenters. The summed E-state index contributed by atoms with van der Waals surface area (Å²) in [6.45, 7) is 0.910. The minimum Gasteiger partial charge on any atom is -0.497 e. The monoisotopic (exact) mass is 238 g/mol. The number of halogens is 1. The number of rotatable bonds is 3. The molecule has 5 heteroatoms. The Hall–Kier alpha value is -1.62. The van der Waals surface area contributed by atoms with Gasteiger partial charge in [-0.15, -0.1) is 0 Å². The van der Waals surface area contributed by atoms with Crippen molar-refractivity contribution in [2.24, 2.45) is 11.7 Å². The number of hydrogen-bond donors (Lipinski definition) is 1. The van der Waals surface area contributed by atoms with Crippen LogP contribution >= 0.6 is 0 Å². The highest BCUT2D eigenvalue weighted by Crippen LogP contribution is 2.30. The molecule has 1 aliphatic heterocycles. The van der Waals surface area contributed by atoms with Gasteiger partial charge >= 0.3 is 0 Å². The smallest absolute Gasteiger partial charge is 0.227 e. The minimum atomic E-state index is -0.420. The van der Waals surface area contributed by atoms with Gasteiger partial charge < -0.3 is 15.4 Å². The maximum atomic E-state index is 13.7. The molecule has 0 radical (unpaired) electrons. The van der Waals surface area contributed by atoms with Gasteiger partial charge in [-0.05, 0) is 24.6 Å². The molecule has 1 saturated heterocycles. The Labute approximate surface area is 99.2 Å². The number of benzene rings is 1. The average molecular weight is 238 g/mol. The maximum absolute atomic E-state index is 13.7. The van der Waals surface area contributed by atoms with Gasteiger partial charge in [0.1, 0.15) is 11.6 Å². The van der Waals surface area contributed by atoms with Gasteiger partial charge in [0.2, 0.25) is 5.91 Å². The van der Waals surface area contributed by atoms with Crippen LogP contribution in [0.15, 0.2) is 18.2 Å². The highest BCUT2D eigenvalue weighted by Gasteiger charge is 2.31. The van der Waals surface area contributed by atoms with E-state index in [1.54, 1.807) is 0 Å². The molecule has 1 aliphatic rings. The lowest BCUT2D eigenvalue weighted by atomic mass is 10.1. The van der Waals surface area contributed by atoms with Crippen molar-refractivity contribution in [3.8, 4) is 5.75 Å². The van der Waals surface area contributed by atoms with Crippen LogP contribution in [-0.2, 0) is 4.79 Å². The van der Waals surface area contributed by atoms with E-state index in [0.717, 1.165) is 0 Å². The highest BCUT2D eigenvalue weighted by molar-refractivity contribution is 5.96. The van der Waals surface area contributed by atoms with Crippen molar-refractivity contribution in [3.05, 3.63) is 24.0 Å². The molecule has 92 valence electrons. The second kappa shape index (κ2) is 4.71. The fourth-order valence-corrected chi connectivity index (χ4v) is 2.00. The third-order valence-electron chi connectivity index (χ3n) is 2.98. The maximum Gasteiger partial charge on any atom is 0.227 e. The summed E-state index contributed by atoms with van der Waals surface area (Å²) in [5, 5.41) is 0. The molecule has 0 saturated carbocycles. The van der Waals surface area contributed by atoms with Gasteiger partial charge in [0.15, 0.2) is 0 Å². The van der Waals surface area contributed by atoms with E-state index in [1.165, 1.54) is 30.2 Å². The standard InChI is InChI=1S/C12H15FN2O2/c1-17-9-2-3-10(13)11(5-9)15-7-8(6-14)4-12(15)16/h2-3,5,8H,4,6-7,14H2,1H3. The third-order valence-corrected chi connectivity index (χ3v) is 2.98. The van der Waals surface area contributed by atoms with Gasteiger partial charge in [0.05, 0.1) is 12.8 Å². The average Bonchev–Trinajstić information content (AvgIpc) is 2.71. The molecule has 0 bridgehead atoms. The summed E-state index contributed by atoms with van der Waals surface area (Å²) in [6.07, 6.45) is 0.382. The zero-order valence-corrected chi connectivity index (χ0v) is 9.65. The van der Waals surface area contributed by atoms with Crippen LogP contribution in [0.25, 0.3) is 0 Å². The minimum absolute atomic E-state index is 0.0902. The summed E-state index contributed by atoms with van der Waals surface area (Å²) in [5.41, 5.74) is 5.80. The van der Waals surface area contributed by atoms with Crippen LogP contribution in [0.3, 0.4) is 0 Å². The van der Waals surface area contributed by atoms with E-state index in [1.807, 2.05) is 0 Å². The lowest BCUT2D eigenvalue weighted by Gasteiger charge is -2.18. The van der Waals surface area contributed by atoms with Crippen molar-refractivity contribution in [2.45, 2.75) is 6.42 Å². The first-order valence-electron chi connectivity index (χ1n) is 5.49. The second-order valence-corrected chi connectivity index (χ2v) is 4.13. The van der Waals surface area contributed by atoms with Crippen LogP contribution in [0, 0.1) is 11.7 Å². The summed E-state index contributed by atoms with van der Waals surface area (Å²) >= 11 is 0. The van der Waals surface area contributed by atoms with E-state index in [2.05, 4.69) is 0 Å². The predicted octanol–water partition coefficient (Wildman–Crippen LogP) is 1.15. The van der Waals surface area contributed by atoms with Gasteiger partial charge in [-0.3, -0.25) is 4.79 Å². The first kappa shape index (κ1) is 11.9. The lowest BCUT2D eigenvalue weighted by Crippen LogP contribution is -2.26. The molecule has 4 nitrogen and oxygen atoms in total. The molecule has 1 heterocycles. The molecule has 0 aromatic heterocycles. The van der Waals surface area contributed by atoms with Crippen LogP contribution in [0.4, 0.5) is 10.1 Å². The number of ether oxygens (including phenoxy) is 1. The number of methoxy groups -OCH3 is 1. The van der Waals surface area contributed by atoms with Crippen LogP contribution in [0.1, 0.15) is 6.42 Å². The Morgan fingerprint density at radius 3 is 2.94 bits per heavy atom. The molecular formula is C12H15FN2O2. The zero-order valence-electron chi connectivity index (χ0n) is 9.65. The van der Waals surface area contributed by atoms with Crippen molar-refractivity contribution < 1.29 is 13.9 Å². The molecule has 17 heavy (non-hydrogen) atoms. The van der Waals surface area contributed by atoms with Gasteiger partial charge in [-0.2, -0.15) is 0 Å². The molecule has 1 amide bonds. The number of carbonyl (C=O) groups is 1. The fraction of sp³-hybridized carbons (Fsp3) is 0.417. The number of nitrogens with two attached hydrogens (primary N) is 1. The van der Waals surface area contributed by atoms with Gasteiger partial charge in [0.25, 0.3) is 0 Å². The van der Waals surface area contributed by atoms with Crippen molar-refractivity contribution in [2.75, 3.05) is 25.1 Å². The molecule has 0 aliphatic carbocycles. The Morgan fingerprint density at radius 2 is 2.35 bits per heavy atom. The lowest BCUT2D eigenvalue weighted by molar-refractivity contribution is -0.117. The van der Waals surface area contributed by atoms with E-state index in [-0.39, 0.29) is 17.5 Å². The SMILES string of the molecule is COc1ccc(F)c(N2CC(CN)CC2=O)c1.